The molecule has 0 saturated heterocycles. The molecule has 0 spiro atoms. The number of nitrogens with one attached hydrogen (secondary N) is 1. The van der Waals surface area contributed by atoms with E-state index in [1.54, 1.807) is 12.4 Å². The molecule has 0 atom stereocenters. The zero-order valence-electron chi connectivity index (χ0n) is 16.1. The lowest BCUT2D eigenvalue weighted by atomic mass is 10.1. The standard InChI is InChI=1S/C21H20ClN5O.ClH/c1-13(2)12-28-18-7-6-15(22)10-14(18)11-16-4-3-5-17(25-16)19-26-20-21(27-19)24-9-8-23-20;/h3-10,13H,11-12H2,1-2H3,(H,23,24,26,27);1H. The fraction of sp³-hybridized carbons (Fsp3) is 0.238. The monoisotopic (exact) mass is 429 g/mol. The van der Waals surface area contributed by atoms with Gasteiger partial charge in [-0.3, -0.25) is 0 Å². The van der Waals surface area contributed by atoms with Crippen molar-refractivity contribution in [3.63, 3.8) is 0 Å². The van der Waals surface area contributed by atoms with E-state index in [9.17, 15) is 0 Å². The Kier molecular flexibility index (Phi) is 6.67. The molecule has 150 valence electrons. The molecule has 0 aliphatic heterocycles. The van der Waals surface area contributed by atoms with Crippen LogP contribution in [0, 0.1) is 5.92 Å². The van der Waals surface area contributed by atoms with Gasteiger partial charge in [0, 0.05) is 35.1 Å². The molecular weight excluding hydrogens is 409 g/mol. The average molecular weight is 430 g/mol. The van der Waals surface area contributed by atoms with Gasteiger partial charge in [0.2, 0.25) is 0 Å². The van der Waals surface area contributed by atoms with Crippen LogP contribution in [0.1, 0.15) is 25.1 Å². The van der Waals surface area contributed by atoms with E-state index in [-0.39, 0.29) is 12.4 Å². The van der Waals surface area contributed by atoms with Crippen LogP contribution in [0.4, 0.5) is 0 Å². The maximum Gasteiger partial charge on any atom is 0.197 e. The lowest BCUT2D eigenvalue weighted by Gasteiger charge is -2.13. The fourth-order valence-corrected chi connectivity index (χ4v) is 3.05. The molecule has 0 aliphatic carbocycles. The largest absolute Gasteiger partial charge is 0.493 e. The molecule has 0 saturated carbocycles. The van der Waals surface area contributed by atoms with Gasteiger partial charge < -0.3 is 9.72 Å². The summed E-state index contributed by atoms with van der Waals surface area (Å²) in [5, 5.41) is 0.678. The first-order valence-electron chi connectivity index (χ1n) is 9.13. The predicted octanol–water partition coefficient (Wildman–Crippen LogP) is 5.12. The number of imidazole rings is 1. The van der Waals surface area contributed by atoms with Crippen LogP contribution in [-0.2, 0) is 6.42 Å². The van der Waals surface area contributed by atoms with Crippen LogP contribution >= 0.6 is 24.0 Å². The van der Waals surface area contributed by atoms with Crippen LogP contribution in [-0.4, -0.2) is 31.5 Å². The minimum atomic E-state index is 0. The van der Waals surface area contributed by atoms with Crippen molar-refractivity contribution in [1.29, 1.82) is 0 Å². The summed E-state index contributed by atoms with van der Waals surface area (Å²) in [4.78, 5) is 20.8. The number of rotatable bonds is 6. The second kappa shape index (κ2) is 9.20. The molecule has 0 radical (unpaired) electrons. The highest BCUT2D eigenvalue weighted by Crippen LogP contribution is 2.26. The molecule has 3 heterocycles. The molecule has 6 nitrogen and oxygen atoms in total. The SMILES string of the molecule is CC(C)COc1ccc(Cl)cc1Cc1cccc(-c2nc3nccnc3[nH]2)n1.Cl. The van der Waals surface area contributed by atoms with E-state index in [2.05, 4.69) is 33.8 Å². The maximum absolute atomic E-state index is 6.21. The van der Waals surface area contributed by atoms with Gasteiger partial charge in [-0.25, -0.2) is 19.9 Å². The fourth-order valence-electron chi connectivity index (χ4n) is 2.86. The van der Waals surface area contributed by atoms with Gasteiger partial charge in [0.25, 0.3) is 0 Å². The molecule has 4 aromatic rings. The van der Waals surface area contributed by atoms with Gasteiger partial charge in [0.1, 0.15) is 11.4 Å². The lowest BCUT2D eigenvalue weighted by molar-refractivity contribution is 0.269. The number of aromatic nitrogens is 5. The molecule has 29 heavy (non-hydrogen) atoms. The third-order valence-corrected chi connectivity index (χ3v) is 4.38. The predicted molar refractivity (Wildman–Crippen MR) is 117 cm³/mol. The minimum absolute atomic E-state index is 0. The van der Waals surface area contributed by atoms with Crippen molar-refractivity contribution in [3.8, 4) is 17.3 Å². The van der Waals surface area contributed by atoms with E-state index in [0.717, 1.165) is 22.7 Å². The van der Waals surface area contributed by atoms with Crippen LogP contribution < -0.4 is 4.74 Å². The summed E-state index contributed by atoms with van der Waals surface area (Å²) < 4.78 is 5.96. The normalized spacial score (nSPS) is 10.9. The van der Waals surface area contributed by atoms with Crippen molar-refractivity contribution in [2.75, 3.05) is 6.61 Å². The lowest BCUT2D eigenvalue weighted by Crippen LogP contribution is -2.06. The third kappa shape index (κ3) is 5.02. The molecule has 0 aliphatic rings. The number of hydrogen-bond acceptors (Lipinski definition) is 5. The molecule has 1 N–H and O–H groups in total. The highest BCUT2D eigenvalue weighted by Gasteiger charge is 2.11. The zero-order chi connectivity index (χ0) is 19.5. The second-order valence-electron chi connectivity index (χ2n) is 6.96. The Morgan fingerprint density at radius 3 is 2.69 bits per heavy atom. The van der Waals surface area contributed by atoms with Gasteiger partial charge in [-0.05, 0) is 36.2 Å². The summed E-state index contributed by atoms with van der Waals surface area (Å²) in [6.45, 7) is 4.90. The molecule has 0 fully saturated rings. The van der Waals surface area contributed by atoms with Gasteiger partial charge >= 0.3 is 0 Å². The van der Waals surface area contributed by atoms with Crippen LogP contribution in [0.15, 0.2) is 48.8 Å². The Balaban J connectivity index is 0.00000240. The van der Waals surface area contributed by atoms with Gasteiger partial charge in [-0.2, -0.15) is 0 Å². The Morgan fingerprint density at radius 1 is 1.07 bits per heavy atom. The van der Waals surface area contributed by atoms with Crippen molar-refractivity contribution >= 4 is 35.3 Å². The molecule has 3 aromatic heterocycles. The number of halogens is 2. The van der Waals surface area contributed by atoms with E-state index in [0.29, 0.717) is 41.1 Å². The number of aromatic amines is 1. The van der Waals surface area contributed by atoms with Crippen molar-refractivity contribution in [2.45, 2.75) is 20.3 Å². The van der Waals surface area contributed by atoms with Crippen molar-refractivity contribution in [2.24, 2.45) is 5.92 Å². The summed E-state index contributed by atoms with van der Waals surface area (Å²) in [5.74, 6) is 1.92. The Bertz CT molecular complexity index is 1080. The van der Waals surface area contributed by atoms with E-state index in [1.165, 1.54) is 0 Å². The molecule has 0 amide bonds. The number of nitrogens with zero attached hydrogens (tertiary/aromatic N) is 4. The molecule has 0 unspecified atom stereocenters. The molecule has 8 heteroatoms. The van der Waals surface area contributed by atoms with E-state index >= 15 is 0 Å². The highest BCUT2D eigenvalue weighted by molar-refractivity contribution is 6.30. The van der Waals surface area contributed by atoms with Crippen molar-refractivity contribution in [3.05, 3.63) is 65.1 Å². The molecule has 4 rings (SSSR count). The third-order valence-electron chi connectivity index (χ3n) is 4.15. The van der Waals surface area contributed by atoms with Crippen LogP contribution in [0.3, 0.4) is 0 Å². The first-order chi connectivity index (χ1) is 13.6. The first-order valence-corrected chi connectivity index (χ1v) is 9.50. The highest BCUT2D eigenvalue weighted by atomic mass is 35.5. The zero-order valence-corrected chi connectivity index (χ0v) is 17.7. The topological polar surface area (TPSA) is 76.6 Å². The van der Waals surface area contributed by atoms with E-state index in [4.69, 9.17) is 21.3 Å². The number of pyridine rings is 1. The summed E-state index contributed by atoms with van der Waals surface area (Å²) in [5.41, 5.74) is 3.86. The van der Waals surface area contributed by atoms with Crippen LogP contribution in [0.25, 0.3) is 22.8 Å². The van der Waals surface area contributed by atoms with Gasteiger partial charge in [0.05, 0.1) is 6.61 Å². The maximum atomic E-state index is 6.21. The first kappa shape index (κ1) is 21.0. The second-order valence-corrected chi connectivity index (χ2v) is 7.40. The van der Waals surface area contributed by atoms with Gasteiger partial charge in [-0.1, -0.05) is 31.5 Å². The Labute approximate surface area is 180 Å². The molecule has 1 aromatic carbocycles. The van der Waals surface area contributed by atoms with Crippen LogP contribution in [0.5, 0.6) is 5.75 Å². The molecular formula is C21H21Cl2N5O. The average Bonchev–Trinajstić information content (AvgIpc) is 3.12. The van der Waals surface area contributed by atoms with Crippen LogP contribution in [0.2, 0.25) is 5.02 Å². The summed E-state index contributed by atoms with van der Waals surface area (Å²) in [7, 11) is 0. The summed E-state index contributed by atoms with van der Waals surface area (Å²) in [6.07, 6.45) is 3.86. The molecule has 0 bridgehead atoms. The number of hydrogen-bond donors (Lipinski definition) is 1. The quantitative estimate of drug-likeness (QED) is 0.460. The summed E-state index contributed by atoms with van der Waals surface area (Å²) >= 11 is 6.21. The number of H-pyrrole nitrogens is 1. The summed E-state index contributed by atoms with van der Waals surface area (Å²) in [6, 6.07) is 11.6. The van der Waals surface area contributed by atoms with E-state index < -0.39 is 0 Å². The number of ether oxygens (including phenoxy) is 1. The smallest absolute Gasteiger partial charge is 0.197 e. The van der Waals surface area contributed by atoms with Gasteiger partial charge in [-0.15, -0.1) is 12.4 Å². The minimum Gasteiger partial charge on any atom is -0.493 e. The Morgan fingerprint density at radius 2 is 1.90 bits per heavy atom. The number of fused-ring (bicyclic) bond motifs is 1. The van der Waals surface area contributed by atoms with E-state index in [1.807, 2.05) is 36.4 Å². The number of benzene rings is 1. The Hall–Kier alpha value is -2.70. The van der Waals surface area contributed by atoms with Gasteiger partial charge in [0.15, 0.2) is 17.1 Å². The van der Waals surface area contributed by atoms with Crippen molar-refractivity contribution in [1.82, 2.24) is 24.9 Å². The van der Waals surface area contributed by atoms with Crippen molar-refractivity contribution < 1.29 is 4.74 Å².